The molecule has 3 aromatic carbocycles. The molecule has 0 atom stereocenters. The normalized spacial score (nSPS) is 18.7. The van der Waals surface area contributed by atoms with Crippen LogP contribution in [-0.2, 0) is 15.8 Å². The molecule has 37 heavy (non-hydrogen) atoms. The van der Waals surface area contributed by atoms with Crippen molar-refractivity contribution in [1.82, 2.24) is 0 Å². The third-order valence-electron chi connectivity index (χ3n) is 5.36. The molecule has 7 nitrogen and oxygen atoms in total. The maximum atomic E-state index is 13.4. The maximum absolute atomic E-state index is 13.4. The highest BCUT2D eigenvalue weighted by Crippen LogP contribution is 2.39. The zero-order valence-corrected chi connectivity index (χ0v) is 20.0. The molecular weight excluding hydrogens is 529 g/mol. The summed E-state index contributed by atoms with van der Waals surface area (Å²) in [6.45, 7) is 0. The van der Waals surface area contributed by atoms with Gasteiger partial charge in [-0.15, -0.1) is 10.2 Å². The molecule has 0 saturated carbocycles. The number of rotatable bonds is 3. The molecule has 2 aliphatic rings. The minimum Gasteiger partial charge on any atom is -0.508 e. The number of carbonyl (C=O) groups excluding carboxylic acids is 2. The van der Waals surface area contributed by atoms with Crippen LogP contribution in [0.5, 0.6) is 5.75 Å². The number of hydrogen-bond donors (Lipinski definition) is 2. The van der Waals surface area contributed by atoms with Crippen LogP contribution in [0, 0.1) is 0 Å². The molecule has 2 aliphatic heterocycles. The van der Waals surface area contributed by atoms with Crippen LogP contribution in [-0.4, -0.2) is 27.8 Å². The number of thioether (sulfide) groups is 1. The summed E-state index contributed by atoms with van der Waals surface area (Å²) in [4.78, 5) is 26.9. The van der Waals surface area contributed by atoms with E-state index in [0.29, 0.717) is 21.8 Å². The van der Waals surface area contributed by atoms with Gasteiger partial charge in [-0.1, -0.05) is 29.8 Å². The zero-order chi connectivity index (χ0) is 26.3. The lowest BCUT2D eigenvalue weighted by Crippen LogP contribution is -2.29. The molecular formula is C25H14ClF3N4O3S. The number of amidine groups is 1. The SMILES string of the molecule is O=C1Nc2ccc(Cl)cc2C1=NN=C1SC(=Cc2ccc(O)cc2)C(=O)N1c1cccc(C(F)(F)F)c1. The number of phenols is 1. The quantitative estimate of drug-likeness (QED) is 0.318. The maximum Gasteiger partial charge on any atom is 0.416 e. The molecule has 2 amide bonds. The fourth-order valence-electron chi connectivity index (χ4n) is 3.63. The topological polar surface area (TPSA) is 94.4 Å². The van der Waals surface area contributed by atoms with Crippen molar-refractivity contribution in [2.24, 2.45) is 10.2 Å². The molecule has 0 spiro atoms. The summed E-state index contributed by atoms with van der Waals surface area (Å²) >= 11 is 6.92. The van der Waals surface area contributed by atoms with Crippen molar-refractivity contribution >= 4 is 63.5 Å². The number of nitrogens with one attached hydrogen (secondary N) is 1. The van der Waals surface area contributed by atoms with Crippen LogP contribution in [0.4, 0.5) is 24.5 Å². The van der Waals surface area contributed by atoms with E-state index in [4.69, 9.17) is 11.6 Å². The smallest absolute Gasteiger partial charge is 0.416 e. The fourth-order valence-corrected chi connectivity index (χ4v) is 4.73. The van der Waals surface area contributed by atoms with Gasteiger partial charge in [-0.2, -0.15) is 13.2 Å². The van der Waals surface area contributed by atoms with Crippen LogP contribution in [0.25, 0.3) is 6.08 Å². The zero-order valence-electron chi connectivity index (χ0n) is 18.5. The molecule has 0 aromatic heterocycles. The number of halogens is 4. The van der Waals surface area contributed by atoms with Gasteiger partial charge in [0.25, 0.3) is 11.8 Å². The summed E-state index contributed by atoms with van der Waals surface area (Å²) in [5.41, 5.74) is 0.387. The van der Waals surface area contributed by atoms with Crippen molar-refractivity contribution in [3.05, 3.63) is 93.3 Å². The Morgan fingerprint density at radius 3 is 2.49 bits per heavy atom. The molecule has 5 rings (SSSR count). The first kappa shape index (κ1) is 24.6. The van der Waals surface area contributed by atoms with Crippen molar-refractivity contribution in [3.63, 3.8) is 0 Å². The first-order valence-electron chi connectivity index (χ1n) is 10.6. The number of amides is 2. The van der Waals surface area contributed by atoms with Crippen molar-refractivity contribution in [3.8, 4) is 5.75 Å². The largest absolute Gasteiger partial charge is 0.508 e. The van der Waals surface area contributed by atoms with Crippen LogP contribution < -0.4 is 10.2 Å². The Morgan fingerprint density at radius 1 is 1.00 bits per heavy atom. The van der Waals surface area contributed by atoms with E-state index in [-0.39, 0.29) is 27.2 Å². The number of nitrogens with zero attached hydrogens (tertiary/aromatic N) is 3. The Bertz CT molecular complexity index is 1530. The molecule has 12 heteroatoms. The number of hydrogen-bond acceptors (Lipinski definition) is 6. The van der Waals surface area contributed by atoms with Gasteiger partial charge >= 0.3 is 6.18 Å². The Labute approximate surface area is 217 Å². The van der Waals surface area contributed by atoms with Gasteiger partial charge < -0.3 is 10.4 Å². The highest BCUT2D eigenvalue weighted by atomic mass is 35.5. The van der Waals surface area contributed by atoms with Gasteiger partial charge in [0.05, 0.1) is 21.8 Å². The first-order valence-corrected chi connectivity index (χ1v) is 11.8. The molecule has 2 N–H and O–H groups in total. The molecule has 0 radical (unpaired) electrons. The summed E-state index contributed by atoms with van der Waals surface area (Å²) in [7, 11) is 0. The van der Waals surface area contributed by atoms with Crippen molar-refractivity contribution in [1.29, 1.82) is 0 Å². The van der Waals surface area contributed by atoms with E-state index in [2.05, 4.69) is 15.5 Å². The number of benzene rings is 3. The highest BCUT2D eigenvalue weighted by Gasteiger charge is 2.37. The van der Waals surface area contributed by atoms with Crippen LogP contribution in [0.1, 0.15) is 16.7 Å². The second-order valence-electron chi connectivity index (χ2n) is 7.87. The Hall–Kier alpha value is -4.09. The van der Waals surface area contributed by atoms with Crippen molar-refractivity contribution < 1.29 is 27.9 Å². The van der Waals surface area contributed by atoms with E-state index >= 15 is 0 Å². The third kappa shape index (κ3) is 4.95. The lowest BCUT2D eigenvalue weighted by molar-refractivity contribution is -0.137. The summed E-state index contributed by atoms with van der Waals surface area (Å²) in [6.07, 6.45) is -3.11. The van der Waals surface area contributed by atoms with E-state index in [9.17, 15) is 27.9 Å². The first-order chi connectivity index (χ1) is 17.6. The number of alkyl halides is 3. The van der Waals surface area contributed by atoms with E-state index in [1.54, 1.807) is 24.3 Å². The summed E-state index contributed by atoms with van der Waals surface area (Å²) in [5.74, 6) is -1.14. The summed E-state index contributed by atoms with van der Waals surface area (Å²) < 4.78 is 40.1. The summed E-state index contributed by atoms with van der Waals surface area (Å²) in [5, 5.41) is 20.6. The molecule has 1 saturated heterocycles. The summed E-state index contributed by atoms with van der Waals surface area (Å²) in [6, 6.07) is 15.0. The van der Waals surface area contributed by atoms with E-state index in [1.807, 2.05) is 0 Å². The van der Waals surface area contributed by atoms with Crippen LogP contribution in [0.2, 0.25) is 5.02 Å². The highest BCUT2D eigenvalue weighted by molar-refractivity contribution is 8.19. The lowest BCUT2D eigenvalue weighted by atomic mass is 10.1. The molecule has 1 fully saturated rings. The lowest BCUT2D eigenvalue weighted by Gasteiger charge is -2.16. The Balaban J connectivity index is 1.60. The van der Waals surface area contributed by atoms with Gasteiger partial charge in [-0.05, 0) is 71.9 Å². The van der Waals surface area contributed by atoms with Crippen LogP contribution in [0.15, 0.2) is 81.8 Å². The van der Waals surface area contributed by atoms with Gasteiger partial charge in [-0.3, -0.25) is 14.5 Å². The minimum atomic E-state index is -4.63. The second-order valence-corrected chi connectivity index (χ2v) is 9.31. The number of carbonyl (C=O) groups is 2. The molecule has 0 bridgehead atoms. The number of fused-ring (bicyclic) bond motifs is 1. The minimum absolute atomic E-state index is 0.0337. The monoisotopic (exact) mass is 542 g/mol. The standard InChI is InChI=1S/C25H14ClF3N4O3S/c26-15-6-9-19-18(12-15)21(22(35)30-19)31-32-24-33(16-3-1-2-14(11-16)25(27,28)29)23(36)20(37-24)10-13-4-7-17(34)8-5-13/h1-12,34H,(H,30,31,35). The van der Waals surface area contributed by atoms with E-state index in [1.165, 1.54) is 36.4 Å². The average molecular weight is 543 g/mol. The van der Waals surface area contributed by atoms with Gasteiger partial charge in [-0.25, -0.2) is 0 Å². The van der Waals surface area contributed by atoms with Gasteiger partial charge in [0, 0.05) is 10.6 Å². The second kappa shape index (κ2) is 9.41. The van der Waals surface area contributed by atoms with Crippen LogP contribution >= 0.6 is 23.4 Å². The number of phenolic OH excluding ortho intramolecular Hbond substituents is 1. The van der Waals surface area contributed by atoms with E-state index in [0.717, 1.165) is 28.8 Å². The number of aromatic hydroxyl groups is 1. The fraction of sp³-hybridized carbons (Fsp3) is 0.0400. The molecule has 3 aromatic rings. The molecule has 2 heterocycles. The van der Waals surface area contributed by atoms with Crippen LogP contribution in [0.3, 0.4) is 0 Å². The third-order valence-corrected chi connectivity index (χ3v) is 6.56. The molecule has 0 aliphatic carbocycles. The van der Waals surface area contributed by atoms with Gasteiger partial charge in [0.15, 0.2) is 5.71 Å². The van der Waals surface area contributed by atoms with Gasteiger partial charge in [0.1, 0.15) is 5.75 Å². The average Bonchev–Trinajstić information content (AvgIpc) is 3.33. The predicted octanol–water partition coefficient (Wildman–Crippen LogP) is 5.90. The predicted molar refractivity (Wildman–Crippen MR) is 137 cm³/mol. The number of anilines is 2. The van der Waals surface area contributed by atoms with Crippen molar-refractivity contribution in [2.75, 3.05) is 10.2 Å². The Morgan fingerprint density at radius 2 is 1.76 bits per heavy atom. The van der Waals surface area contributed by atoms with Crippen molar-refractivity contribution in [2.45, 2.75) is 6.18 Å². The molecule has 0 unspecified atom stereocenters. The Kier molecular flexibility index (Phi) is 6.26. The van der Waals surface area contributed by atoms with Gasteiger partial charge in [0.2, 0.25) is 5.17 Å². The van der Waals surface area contributed by atoms with E-state index < -0.39 is 23.6 Å². The molecule has 186 valence electrons.